The highest BCUT2D eigenvalue weighted by Crippen LogP contribution is 2.24. The zero-order valence-corrected chi connectivity index (χ0v) is 19.0. The van der Waals surface area contributed by atoms with E-state index in [2.05, 4.69) is 12.1 Å². The van der Waals surface area contributed by atoms with Crippen LogP contribution in [0.25, 0.3) is 0 Å². The van der Waals surface area contributed by atoms with Crippen LogP contribution in [0.1, 0.15) is 51.1 Å². The smallest absolute Gasteiger partial charge is 0.261 e. The fraction of sp³-hybridized carbons (Fsp3) is 0.385. The van der Waals surface area contributed by atoms with Crippen LogP contribution in [0.5, 0.6) is 0 Å². The standard InChI is InChI=1S/C26H29N3O4/c1-19-10-11-21-22(18-19)26(33)29(25(21)32)13-12-24(31)28-16-14-27(15-17-28)23(30)9-5-8-20-6-3-2-4-7-20/h2-4,6-7,10-11,18H,5,8-9,12-17H2,1H3. The van der Waals surface area contributed by atoms with Gasteiger partial charge in [-0.05, 0) is 37.5 Å². The summed E-state index contributed by atoms with van der Waals surface area (Å²) < 4.78 is 0. The van der Waals surface area contributed by atoms with E-state index in [1.807, 2.05) is 30.0 Å². The number of piperazine rings is 1. The molecule has 0 bridgehead atoms. The molecule has 0 aromatic heterocycles. The lowest BCUT2D eigenvalue weighted by Crippen LogP contribution is -2.51. The predicted molar refractivity (Wildman–Crippen MR) is 124 cm³/mol. The summed E-state index contributed by atoms with van der Waals surface area (Å²) in [7, 11) is 0. The summed E-state index contributed by atoms with van der Waals surface area (Å²) in [6, 6.07) is 15.3. The molecule has 0 atom stereocenters. The van der Waals surface area contributed by atoms with Crippen LogP contribution >= 0.6 is 0 Å². The van der Waals surface area contributed by atoms with Crippen molar-refractivity contribution in [2.24, 2.45) is 0 Å². The largest absolute Gasteiger partial charge is 0.339 e. The Labute approximate surface area is 194 Å². The Bertz CT molecular complexity index is 1060. The summed E-state index contributed by atoms with van der Waals surface area (Å²) in [5, 5.41) is 0. The van der Waals surface area contributed by atoms with Crippen LogP contribution in [-0.2, 0) is 16.0 Å². The number of carbonyl (C=O) groups is 4. The molecule has 0 spiro atoms. The van der Waals surface area contributed by atoms with E-state index in [-0.39, 0.29) is 36.6 Å². The molecule has 0 aliphatic carbocycles. The first kappa shape index (κ1) is 22.7. The third-order valence-corrected chi connectivity index (χ3v) is 6.36. The molecule has 0 unspecified atom stereocenters. The Hall–Kier alpha value is -3.48. The summed E-state index contributed by atoms with van der Waals surface area (Å²) in [5.41, 5.74) is 2.96. The van der Waals surface area contributed by atoms with Gasteiger partial charge in [0.2, 0.25) is 11.8 Å². The molecule has 172 valence electrons. The fourth-order valence-corrected chi connectivity index (χ4v) is 4.42. The van der Waals surface area contributed by atoms with Crippen LogP contribution in [0.2, 0.25) is 0 Å². The van der Waals surface area contributed by atoms with E-state index in [1.54, 1.807) is 23.1 Å². The molecule has 33 heavy (non-hydrogen) atoms. The second-order valence-corrected chi connectivity index (χ2v) is 8.66. The molecule has 0 N–H and O–H groups in total. The lowest BCUT2D eigenvalue weighted by atomic mass is 10.1. The normalized spacial score (nSPS) is 15.7. The molecule has 2 aliphatic heterocycles. The zero-order chi connectivity index (χ0) is 23.4. The fourth-order valence-electron chi connectivity index (χ4n) is 4.42. The van der Waals surface area contributed by atoms with Crippen molar-refractivity contribution in [3.63, 3.8) is 0 Å². The Morgan fingerprint density at radius 3 is 2.06 bits per heavy atom. The van der Waals surface area contributed by atoms with E-state index >= 15 is 0 Å². The van der Waals surface area contributed by atoms with E-state index in [0.717, 1.165) is 23.3 Å². The molecule has 4 rings (SSSR count). The van der Waals surface area contributed by atoms with Gasteiger partial charge in [-0.2, -0.15) is 0 Å². The maximum absolute atomic E-state index is 12.7. The quantitative estimate of drug-likeness (QED) is 0.612. The minimum atomic E-state index is -0.339. The minimum Gasteiger partial charge on any atom is -0.339 e. The number of hydrogen-bond donors (Lipinski definition) is 0. The molecule has 7 heteroatoms. The lowest BCUT2D eigenvalue weighted by Gasteiger charge is -2.35. The molecule has 4 amide bonds. The van der Waals surface area contributed by atoms with Gasteiger partial charge in [-0.25, -0.2) is 0 Å². The minimum absolute atomic E-state index is 0.0723. The highest BCUT2D eigenvalue weighted by molar-refractivity contribution is 6.21. The zero-order valence-electron chi connectivity index (χ0n) is 19.0. The first-order valence-electron chi connectivity index (χ1n) is 11.5. The van der Waals surface area contributed by atoms with Crippen molar-refractivity contribution in [1.82, 2.24) is 14.7 Å². The van der Waals surface area contributed by atoms with Gasteiger partial charge in [0.1, 0.15) is 0 Å². The molecule has 1 saturated heterocycles. The molecular weight excluding hydrogens is 418 g/mol. The van der Waals surface area contributed by atoms with Crippen LogP contribution in [0.15, 0.2) is 48.5 Å². The van der Waals surface area contributed by atoms with Crippen molar-refractivity contribution in [2.75, 3.05) is 32.7 Å². The van der Waals surface area contributed by atoms with Crippen molar-refractivity contribution in [1.29, 1.82) is 0 Å². The van der Waals surface area contributed by atoms with Gasteiger partial charge in [0.05, 0.1) is 11.1 Å². The Morgan fingerprint density at radius 1 is 0.788 bits per heavy atom. The van der Waals surface area contributed by atoms with Gasteiger partial charge in [-0.15, -0.1) is 0 Å². The molecule has 2 heterocycles. The summed E-state index contributed by atoms with van der Waals surface area (Å²) in [4.78, 5) is 55.0. The van der Waals surface area contributed by atoms with Gasteiger partial charge in [-0.3, -0.25) is 24.1 Å². The summed E-state index contributed by atoms with van der Waals surface area (Å²) in [6.07, 6.45) is 2.28. The topological polar surface area (TPSA) is 78.0 Å². The summed E-state index contributed by atoms with van der Waals surface area (Å²) >= 11 is 0. The van der Waals surface area contributed by atoms with E-state index in [4.69, 9.17) is 0 Å². The number of fused-ring (bicyclic) bond motifs is 1. The number of nitrogens with zero attached hydrogens (tertiary/aromatic N) is 3. The van der Waals surface area contributed by atoms with Crippen LogP contribution < -0.4 is 0 Å². The van der Waals surface area contributed by atoms with Crippen molar-refractivity contribution in [2.45, 2.75) is 32.6 Å². The third-order valence-electron chi connectivity index (χ3n) is 6.36. The van der Waals surface area contributed by atoms with Crippen molar-refractivity contribution >= 4 is 23.6 Å². The molecule has 7 nitrogen and oxygen atoms in total. The molecule has 0 radical (unpaired) electrons. The van der Waals surface area contributed by atoms with Crippen molar-refractivity contribution in [3.05, 3.63) is 70.8 Å². The molecular formula is C26H29N3O4. The number of aryl methyl sites for hydroxylation is 2. The van der Waals surface area contributed by atoms with E-state index in [0.29, 0.717) is 43.7 Å². The van der Waals surface area contributed by atoms with Crippen LogP contribution in [-0.4, -0.2) is 71.1 Å². The monoisotopic (exact) mass is 447 g/mol. The van der Waals surface area contributed by atoms with Gasteiger partial charge in [0.25, 0.3) is 11.8 Å². The molecule has 1 fully saturated rings. The number of carbonyl (C=O) groups excluding carboxylic acids is 4. The van der Waals surface area contributed by atoms with Gasteiger partial charge in [-0.1, -0.05) is 42.0 Å². The average Bonchev–Trinajstić information content (AvgIpc) is 3.07. The highest BCUT2D eigenvalue weighted by Gasteiger charge is 2.36. The Kier molecular flexibility index (Phi) is 6.87. The lowest BCUT2D eigenvalue weighted by molar-refractivity contribution is -0.139. The van der Waals surface area contributed by atoms with Crippen molar-refractivity contribution in [3.8, 4) is 0 Å². The number of rotatable bonds is 7. The summed E-state index contributed by atoms with van der Waals surface area (Å²) in [5.74, 6) is -0.649. The van der Waals surface area contributed by atoms with E-state index in [9.17, 15) is 19.2 Å². The average molecular weight is 448 g/mol. The first-order chi connectivity index (χ1) is 15.9. The molecule has 0 saturated carbocycles. The van der Waals surface area contributed by atoms with E-state index < -0.39 is 0 Å². The second-order valence-electron chi connectivity index (χ2n) is 8.66. The maximum Gasteiger partial charge on any atom is 0.261 e. The van der Waals surface area contributed by atoms with Gasteiger partial charge < -0.3 is 9.80 Å². The number of amides is 4. The number of imide groups is 1. The number of benzene rings is 2. The molecule has 2 aliphatic rings. The first-order valence-corrected chi connectivity index (χ1v) is 11.5. The van der Waals surface area contributed by atoms with Crippen LogP contribution in [0.4, 0.5) is 0 Å². The van der Waals surface area contributed by atoms with E-state index in [1.165, 1.54) is 5.56 Å². The number of hydrogen-bond acceptors (Lipinski definition) is 4. The maximum atomic E-state index is 12.7. The van der Waals surface area contributed by atoms with Gasteiger partial charge in [0, 0.05) is 45.6 Å². The highest BCUT2D eigenvalue weighted by atomic mass is 16.2. The molecule has 2 aromatic rings. The predicted octanol–water partition coefficient (Wildman–Crippen LogP) is 2.67. The molecule has 2 aromatic carbocycles. The summed E-state index contributed by atoms with van der Waals surface area (Å²) in [6.45, 7) is 3.93. The Balaban J connectivity index is 1.20. The third kappa shape index (κ3) is 5.13. The van der Waals surface area contributed by atoms with Crippen LogP contribution in [0, 0.1) is 6.92 Å². The van der Waals surface area contributed by atoms with Crippen LogP contribution in [0.3, 0.4) is 0 Å². The van der Waals surface area contributed by atoms with Gasteiger partial charge in [0.15, 0.2) is 0 Å². The second kappa shape index (κ2) is 9.98. The van der Waals surface area contributed by atoms with Crippen molar-refractivity contribution < 1.29 is 19.2 Å². The van der Waals surface area contributed by atoms with Gasteiger partial charge >= 0.3 is 0 Å². The Morgan fingerprint density at radius 2 is 1.39 bits per heavy atom. The SMILES string of the molecule is Cc1ccc2c(c1)C(=O)N(CCC(=O)N1CCN(C(=O)CCCc3ccccc3)CC1)C2=O.